The fourth-order valence-corrected chi connectivity index (χ4v) is 6.27. The van der Waals surface area contributed by atoms with Crippen molar-refractivity contribution >= 4 is 45.8 Å². The Labute approximate surface area is 164 Å². The Morgan fingerprint density at radius 1 is 0.846 bits per heavy atom. The second-order valence-electron chi connectivity index (χ2n) is 6.29. The van der Waals surface area contributed by atoms with Crippen LogP contribution in [0, 0.1) is 0 Å². The molecule has 4 heterocycles. The molecule has 3 aromatic heterocycles. The summed E-state index contributed by atoms with van der Waals surface area (Å²) in [5.41, 5.74) is 1.22. The third-order valence-electron chi connectivity index (χ3n) is 4.55. The maximum Gasteiger partial charge on any atom is 0.263 e. The number of rotatable bonds is 7. The van der Waals surface area contributed by atoms with Crippen molar-refractivity contribution in [2.75, 3.05) is 6.54 Å². The summed E-state index contributed by atoms with van der Waals surface area (Å²) in [6.45, 7) is 2.68. The molecule has 0 N–H and O–H groups in total. The Morgan fingerprint density at radius 3 is 1.88 bits per heavy atom. The Morgan fingerprint density at radius 2 is 1.42 bits per heavy atom. The van der Waals surface area contributed by atoms with Crippen LogP contribution in [-0.4, -0.2) is 23.3 Å². The Balaban J connectivity index is 1.75. The molecule has 6 heteroatoms. The van der Waals surface area contributed by atoms with Gasteiger partial charge < -0.3 is 0 Å². The summed E-state index contributed by atoms with van der Waals surface area (Å²) in [4.78, 5) is 31.6. The number of thiophene rings is 3. The van der Waals surface area contributed by atoms with E-state index in [0.717, 1.165) is 45.2 Å². The minimum absolute atomic E-state index is 0.121. The van der Waals surface area contributed by atoms with E-state index in [9.17, 15) is 9.59 Å². The minimum atomic E-state index is -0.121. The molecule has 0 aromatic carbocycles. The molecule has 2 amide bonds. The van der Waals surface area contributed by atoms with Crippen LogP contribution in [0.2, 0.25) is 0 Å². The van der Waals surface area contributed by atoms with Crippen molar-refractivity contribution in [2.24, 2.45) is 0 Å². The summed E-state index contributed by atoms with van der Waals surface area (Å²) in [6.07, 6.45) is 4.20. The van der Waals surface area contributed by atoms with Gasteiger partial charge in [0.15, 0.2) is 0 Å². The van der Waals surface area contributed by atoms with Gasteiger partial charge in [0, 0.05) is 16.3 Å². The van der Waals surface area contributed by atoms with Crippen LogP contribution in [0.3, 0.4) is 0 Å². The van der Waals surface area contributed by atoms with Crippen LogP contribution < -0.4 is 0 Å². The number of carbonyl (C=O) groups is 2. The highest BCUT2D eigenvalue weighted by Crippen LogP contribution is 2.48. The van der Waals surface area contributed by atoms with Crippen molar-refractivity contribution in [3.8, 4) is 19.5 Å². The van der Waals surface area contributed by atoms with Crippen LogP contribution >= 0.6 is 34.0 Å². The second-order valence-corrected chi connectivity index (χ2v) is 9.20. The molecule has 0 saturated carbocycles. The number of unbranched alkanes of at least 4 members (excludes halogenated alkanes) is 3. The van der Waals surface area contributed by atoms with Gasteiger partial charge >= 0.3 is 0 Å². The lowest BCUT2D eigenvalue weighted by molar-refractivity contribution is 0.0652. The van der Waals surface area contributed by atoms with Crippen LogP contribution in [0.25, 0.3) is 19.5 Å². The number of fused-ring (bicyclic) bond motifs is 1. The Bertz CT molecular complexity index is 854. The van der Waals surface area contributed by atoms with Crippen LogP contribution in [-0.2, 0) is 0 Å². The SMILES string of the molecule is CCCCCCN1C(=O)c2c(-c3cccs3)sc(-c3cccs3)c2C1=O. The van der Waals surface area contributed by atoms with E-state index in [1.54, 1.807) is 34.0 Å². The average molecular weight is 402 g/mol. The highest BCUT2D eigenvalue weighted by molar-refractivity contribution is 7.26. The van der Waals surface area contributed by atoms with Gasteiger partial charge in [0.05, 0.1) is 20.9 Å². The fraction of sp³-hybridized carbons (Fsp3) is 0.300. The lowest BCUT2D eigenvalue weighted by Crippen LogP contribution is -2.31. The van der Waals surface area contributed by atoms with E-state index in [0.29, 0.717) is 17.7 Å². The number of carbonyl (C=O) groups excluding carboxylic acids is 2. The molecule has 1 aliphatic heterocycles. The number of hydrogen-bond donors (Lipinski definition) is 0. The average Bonchev–Trinajstić information content (AvgIpc) is 3.41. The molecule has 0 saturated heterocycles. The van der Waals surface area contributed by atoms with Gasteiger partial charge in [0.1, 0.15) is 0 Å². The van der Waals surface area contributed by atoms with Gasteiger partial charge in [-0.3, -0.25) is 14.5 Å². The van der Waals surface area contributed by atoms with Crippen molar-refractivity contribution in [1.29, 1.82) is 0 Å². The van der Waals surface area contributed by atoms with Crippen LogP contribution in [0.1, 0.15) is 53.3 Å². The zero-order chi connectivity index (χ0) is 18.1. The molecule has 0 atom stereocenters. The molecule has 0 spiro atoms. The first-order chi connectivity index (χ1) is 12.7. The summed E-state index contributed by atoms with van der Waals surface area (Å²) in [7, 11) is 0. The molecule has 0 unspecified atom stereocenters. The molecule has 3 nitrogen and oxygen atoms in total. The molecular formula is C20H19NO2S3. The van der Waals surface area contributed by atoms with E-state index in [2.05, 4.69) is 6.92 Å². The number of hydrogen-bond acceptors (Lipinski definition) is 5. The van der Waals surface area contributed by atoms with E-state index >= 15 is 0 Å². The van der Waals surface area contributed by atoms with Crippen molar-refractivity contribution in [1.82, 2.24) is 4.90 Å². The van der Waals surface area contributed by atoms with E-state index in [1.165, 1.54) is 4.90 Å². The topological polar surface area (TPSA) is 37.4 Å². The van der Waals surface area contributed by atoms with Crippen molar-refractivity contribution in [3.05, 3.63) is 46.2 Å². The van der Waals surface area contributed by atoms with Gasteiger partial charge in [0.25, 0.3) is 11.8 Å². The predicted molar refractivity (Wildman–Crippen MR) is 110 cm³/mol. The van der Waals surface area contributed by atoms with Gasteiger partial charge in [-0.05, 0) is 29.3 Å². The molecule has 0 bridgehead atoms. The van der Waals surface area contributed by atoms with E-state index in [4.69, 9.17) is 0 Å². The van der Waals surface area contributed by atoms with Gasteiger partial charge in [-0.25, -0.2) is 0 Å². The first-order valence-electron chi connectivity index (χ1n) is 8.83. The lowest BCUT2D eigenvalue weighted by Gasteiger charge is -2.14. The number of imide groups is 1. The van der Waals surface area contributed by atoms with E-state index in [1.807, 2.05) is 35.0 Å². The third kappa shape index (κ3) is 2.96. The van der Waals surface area contributed by atoms with Crippen LogP contribution in [0.15, 0.2) is 35.0 Å². The molecule has 4 rings (SSSR count). The van der Waals surface area contributed by atoms with Gasteiger partial charge in [-0.1, -0.05) is 38.3 Å². The van der Waals surface area contributed by atoms with Gasteiger partial charge in [-0.2, -0.15) is 0 Å². The first kappa shape index (κ1) is 17.6. The summed E-state index contributed by atoms with van der Waals surface area (Å²) >= 11 is 4.80. The second kappa shape index (κ2) is 7.47. The normalized spacial score (nSPS) is 13.7. The maximum atomic E-state index is 13.1. The summed E-state index contributed by atoms with van der Waals surface area (Å²) in [5.74, 6) is -0.243. The largest absolute Gasteiger partial charge is 0.274 e. The zero-order valence-corrected chi connectivity index (χ0v) is 16.9. The minimum Gasteiger partial charge on any atom is -0.274 e. The molecular weight excluding hydrogens is 382 g/mol. The van der Waals surface area contributed by atoms with Crippen molar-refractivity contribution in [3.63, 3.8) is 0 Å². The molecule has 0 aliphatic carbocycles. The summed E-state index contributed by atoms with van der Waals surface area (Å²) in [5, 5.41) is 4.02. The van der Waals surface area contributed by atoms with Crippen LogP contribution in [0.5, 0.6) is 0 Å². The summed E-state index contributed by atoms with van der Waals surface area (Å²) < 4.78 is 0. The standard InChI is InChI=1S/C20H19NO2S3/c1-2-3-4-5-10-21-19(22)15-16(20(21)23)18(14-9-7-12-25-14)26-17(15)13-8-6-11-24-13/h6-9,11-12H,2-5,10H2,1H3. The number of amides is 2. The Kier molecular flexibility index (Phi) is 5.07. The third-order valence-corrected chi connectivity index (χ3v) is 7.84. The molecule has 0 radical (unpaired) electrons. The Hall–Kier alpha value is -1.76. The first-order valence-corrected chi connectivity index (χ1v) is 11.4. The summed E-state index contributed by atoms with van der Waals surface area (Å²) in [6, 6.07) is 8.02. The van der Waals surface area contributed by atoms with E-state index in [-0.39, 0.29) is 11.8 Å². The highest BCUT2D eigenvalue weighted by Gasteiger charge is 2.42. The van der Waals surface area contributed by atoms with Crippen molar-refractivity contribution in [2.45, 2.75) is 32.6 Å². The van der Waals surface area contributed by atoms with Gasteiger partial charge in [-0.15, -0.1) is 34.0 Å². The van der Waals surface area contributed by atoms with E-state index < -0.39 is 0 Å². The molecule has 3 aromatic rings. The van der Waals surface area contributed by atoms with Gasteiger partial charge in [0.2, 0.25) is 0 Å². The zero-order valence-electron chi connectivity index (χ0n) is 14.5. The molecule has 26 heavy (non-hydrogen) atoms. The number of nitrogens with zero attached hydrogens (tertiary/aromatic N) is 1. The van der Waals surface area contributed by atoms with Crippen LogP contribution in [0.4, 0.5) is 0 Å². The highest BCUT2D eigenvalue weighted by atomic mass is 32.1. The molecule has 134 valence electrons. The van der Waals surface area contributed by atoms with Crippen molar-refractivity contribution < 1.29 is 9.59 Å². The monoisotopic (exact) mass is 401 g/mol. The smallest absolute Gasteiger partial charge is 0.263 e. The maximum absolute atomic E-state index is 13.1. The molecule has 1 aliphatic rings. The molecule has 0 fully saturated rings. The lowest BCUT2D eigenvalue weighted by atomic mass is 10.1. The quantitative estimate of drug-likeness (QED) is 0.340. The fourth-order valence-electron chi connectivity index (χ4n) is 3.26. The predicted octanol–water partition coefficient (Wildman–Crippen LogP) is 6.38.